The smallest absolute Gasteiger partial charge is 0.306 e. The van der Waals surface area contributed by atoms with Crippen LogP contribution in [0.2, 0.25) is 0 Å². The van der Waals surface area contributed by atoms with Crippen LogP contribution in [0, 0.1) is 0 Å². The number of hydrogen-bond acceptors (Lipinski definition) is 6. The van der Waals surface area contributed by atoms with Gasteiger partial charge in [-0.15, -0.1) is 0 Å². The summed E-state index contributed by atoms with van der Waals surface area (Å²) in [6.45, 7) is 6.22. The maximum atomic E-state index is 12.8. The van der Waals surface area contributed by atoms with Crippen molar-refractivity contribution in [3.63, 3.8) is 0 Å². The Bertz CT molecular complexity index is 1900. The van der Waals surface area contributed by atoms with E-state index in [1.165, 1.54) is 19.3 Å². The van der Waals surface area contributed by atoms with Crippen molar-refractivity contribution in [1.29, 1.82) is 0 Å². The summed E-state index contributed by atoms with van der Waals surface area (Å²) in [5, 5.41) is 0. The summed E-state index contributed by atoms with van der Waals surface area (Å²) in [5.74, 6) is -1.09. The molecule has 0 saturated heterocycles. The zero-order valence-electron chi connectivity index (χ0n) is 49.3. The van der Waals surface area contributed by atoms with E-state index in [0.717, 1.165) is 148 Å². The van der Waals surface area contributed by atoms with Crippen molar-refractivity contribution in [2.45, 2.75) is 226 Å². The van der Waals surface area contributed by atoms with E-state index < -0.39 is 6.10 Å². The fourth-order valence-corrected chi connectivity index (χ4v) is 7.32. The molecule has 0 rings (SSSR count). The topological polar surface area (TPSA) is 78.9 Å². The van der Waals surface area contributed by atoms with Crippen molar-refractivity contribution in [3.05, 3.63) is 194 Å². The first kappa shape index (κ1) is 72.2. The van der Waals surface area contributed by atoms with Gasteiger partial charge in [0.2, 0.25) is 0 Å². The Hall–Kier alpha value is -5.75. The van der Waals surface area contributed by atoms with E-state index in [0.29, 0.717) is 12.8 Å². The van der Waals surface area contributed by atoms with Gasteiger partial charge in [-0.25, -0.2) is 0 Å². The molecule has 6 heteroatoms. The molecule has 0 aromatic rings. The molecule has 0 spiro atoms. The summed E-state index contributed by atoms with van der Waals surface area (Å²) >= 11 is 0. The van der Waals surface area contributed by atoms with Crippen molar-refractivity contribution in [3.8, 4) is 0 Å². The number of ether oxygens (including phenoxy) is 3. The number of rotatable bonds is 52. The Balaban J connectivity index is 4.45. The van der Waals surface area contributed by atoms with E-state index in [4.69, 9.17) is 14.2 Å². The molecular formula is C72H108O6. The molecular weight excluding hydrogens is 961 g/mol. The quantitative estimate of drug-likeness (QED) is 0.0261. The molecule has 0 bridgehead atoms. The van der Waals surface area contributed by atoms with Gasteiger partial charge in [-0.1, -0.05) is 247 Å². The molecule has 0 aliphatic carbocycles. The van der Waals surface area contributed by atoms with Crippen LogP contribution in [-0.4, -0.2) is 37.2 Å². The van der Waals surface area contributed by atoms with Gasteiger partial charge in [-0.3, -0.25) is 14.4 Å². The van der Waals surface area contributed by atoms with Gasteiger partial charge in [0.1, 0.15) is 13.2 Å². The number of allylic oxidation sites excluding steroid dienone is 32. The normalized spacial score (nSPS) is 13.5. The van der Waals surface area contributed by atoms with Crippen LogP contribution in [0.25, 0.3) is 0 Å². The minimum Gasteiger partial charge on any atom is -0.462 e. The number of esters is 3. The molecule has 0 heterocycles. The lowest BCUT2D eigenvalue weighted by Gasteiger charge is -2.18. The largest absolute Gasteiger partial charge is 0.462 e. The molecule has 0 radical (unpaired) electrons. The molecule has 1 atom stereocenters. The first-order valence-corrected chi connectivity index (χ1v) is 30.4. The third-order valence-corrected chi connectivity index (χ3v) is 11.8. The van der Waals surface area contributed by atoms with E-state index in [1.54, 1.807) is 0 Å². The maximum absolute atomic E-state index is 12.8. The van der Waals surface area contributed by atoms with Gasteiger partial charge in [-0.2, -0.15) is 0 Å². The van der Waals surface area contributed by atoms with E-state index in [2.05, 4.69) is 203 Å². The fraction of sp³-hybridized carbons (Fsp3) is 0.514. The molecule has 6 nitrogen and oxygen atoms in total. The van der Waals surface area contributed by atoms with Gasteiger partial charge in [0.05, 0.1) is 0 Å². The lowest BCUT2D eigenvalue weighted by atomic mass is 10.1. The summed E-state index contributed by atoms with van der Waals surface area (Å²) in [4.78, 5) is 38.1. The van der Waals surface area contributed by atoms with Crippen LogP contribution in [0.5, 0.6) is 0 Å². The van der Waals surface area contributed by atoms with Gasteiger partial charge in [-0.05, 0) is 148 Å². The summed E-state index contributed by atoms with van der Waals surface area (Å²) in [7, 11) is 0. The van der Waals surface area contributed by atoms with Gasteiger partial charge >= 0.3 is 17.9 Å². The Morgan fingerprint density at radius 1 is 0.269 bits per heavy atom. The molecule has 0 amide bonds. The SMILES string of the molecule is CC/C=C\C/C=C\C/C=C\C/C=C\C/C=C\C/C=C\C/C=C\C/C=C\C/C=C\C/C=C\CCCCC(=O)OCC(COC(=O)CC/C=C\C/C=C\C/C=C\C/C=C\CC)OC(=O)CCCCCCC/C=C\C/C=C\CCCC. The third-order valence-electron chi connectivity index (χ3n) is 11.8. The Kier molecular flexibility index (Phi) is 59.1. The van der Waals surface area contributed by atoms with Gasteiger partial charge in [0.25, 0.3) is 0 Å². The average Bonchev–Trinajstić information content (AvgIpc) is 3.44. The van der Waals surface area contributed by atoms with Crippen molar-refractivity contribution in [2.24, 2.45) is 0 Å². The maximum Gasteiger partial charge on any atom is 0.306 e. The molecule has 0 aromatic carbocycles. The van der Waals surface area contributed by atoms with Gasteiger partial charge < -0.3 is 14.2 Å². The minimum absolute atomic E-state index is 0.139. The molecule has 0 aromatic heterocycles. The first-order chi connectivity index (χ1) is 38.5. The van der Waals surface area contributed by atoms with Crippen molar-refractivity contribution in [2.75, 3.05) is 13.2 Å². The van der Waals surface area contributed by atoms with Crippen LogP contribution < -0.4 is 0 Å². The monoisotopic (exact) mass is 1070 g/mol. The number of carbonyl (C=O) groups excluding carboxylic acids is 3. The fourth-order valence-electron chi connectivity index (χ4n) is 7.32. The average molecular weight is 1070 g/mol. The van der Waals surface area contributed by atoms with Crippen LogP contribution in [0.15, 0.2) is 194 Å². The molecule has 0 aliphatic rings. The predicted molar refractivity (Wildman–Crippen MR) is 338 cm³/mol. The minimum atomic E-state index is -0.844. The molecule has 0 N–H and O–H groups in total. The highest BCUT2D eigenvalue weighted by Gasteiger charge is 2.19. The number of unbranched alkanes of at least 4 members (excludes halogenated alkanes) is 9. The lowest BCUT2D eigenvalue weighted by Crippen LogP contribution is -2.30. The van der Waals surface area contributed by atoms with E-state index >= 15 is 0 Å². The second-order valence-electron chi connectivity index (χ2n) is 19.1. The molecule has 78 heavy (non-hydrogen) atoms. The second-order valence-corrected chi connectivity index (χ2v) is 19.1. The van der Waals surface area contributed by atoms with E-state index in [1.807, 2.05) is 12.2 Å². The first-order valence-electron chi connectivity index (χ1n) is 30.4. The summed E-state index contributed by atoms with van der Waals surface area (Å²) in [6.07, 6.45) is 97.4. The van der Waals surface area contributed by atoms with Gasteiger partial charge in [0, 0.05) is 19.3 Å². The van der Waals surface area contributed by atoms with E-state index in [-0.39, 0.29) is 50.4 Å². The Labute approximate surface area is 477 Å². The molecule has 0 aliphatic heterocycles. The number of hydrogen-bond donors (Lipinski definition) is 0. The summed E-state index contributed by atoms with van der Waals surface area (Å²) in [6, 6.07) is 0. The van der Waals surface area contributed by atoms with Crippen LogP contribution >= 0.6 is 0 Å². The Morgan fingerprint density at radius 2 is 0.526 bits per heavy atom. The van der Waals surface area contributed by atoms with Crippen LogP contribution in [0.3, 0.4) is 0 Å². The Morgan fingerprint density at radius 3 is 0.885 bits per heavy atom. The van der Waals surface area contributed by atoms with Gasteiger partial charge in [0.15, 0.2) is 6.10 Å². The highest BCUT2D eigenvalue weighted by atomic mass is 16.6. The van der Waals surface area contributed by atoms with Crippen molar-refractivity contribution >= 4 is 17.9 Å². The zero-order chi connectivity index (χ0) is 56.4. The highest BCUT2D eigenvalue weighted by molar-refractivity contribution is 5.71. The van der Waals surface area contributed by atoms with Crippen LogP contribution in [0.1, 0.15) is 220 Å². The van der Waals surface area contributed by atoms with Crippen LogP contribution in [0.4, 0.5) is 0 Å². The molecule has 0 fully saturated rings. The lowest BCUT2D eigenvalue weighted by molar-refractivity contribution is -0.166. The van der Waals surface area contributed by atoms with Crippen molar-refractivity contribution < 1.29 is 28.6 Å². The molecule has 0 saturated carbocycles. The standard InChI is InChI=1S/C72H108O6/c1-4-7-10-13-16-19-22-25-27-28-29-30-31-32-33-34-35-36-37-38-39-40-41-42-43-44-45-48-50-53-56-59-62-65-71(74)77-68-69(67-76-70(73)64-61-58-55-52-49-46-24-21-18-15-12-9-6-3)78-72(75)66-63-60-57-54-51-47-26-23-20-17-14-11-8-5-2/h7,9-10,12,14,16-19,21,23,25-27,29-30,32-33,35-36,38-39,41-42,44-46,49-50,53,55,58,69H,4-6,8,11,13,15,20,22,24,28,31,34,37,40,43,47-48,51-52,54,56-57,59-68H2,1-3H3/b10-7-,12-9-,17-14-,19-16-,21-18-,26-23-,27-25-,30-29-,33-32-,36-35-,39-38-,42-41-,45-44-,49-46-,53-50-,58-55-. The molecule has 1 unspecified atom stereocenters. The zero-order valence-corrected chi connectivity index (χ0v) is 49.3. The molecule has 432 valence electrons. The predicted octanol–water partition coefficient (Wildman–Crippen LogP) is 21.0. The summed E-state index contributed by atoms with van der Waals surface area (Å²) in [5.41, 5.74) is 0. The van der Waals surface area contributed by atoms with Crippen molar-refractivity contribution in [1.82, 2.24) is 0 Å². The number of carbonyl (C=O) groups is 3. The van der Waals surface area contributed by atoms with E-state index in [9.17, 15) is 14.4 Å². The highest BCUT2D eigenvalue weighted by Crippen LogP contribution is 2.12. The second kappa shape index (κ2) is 63.8. The van der Waals surface area contributed by atoms with Crippen LogP contribution in [-0.2, 0) is 28.6 Å². The summed E-state index contributed by atoms with van der Waals surface area (Å²) < 4.78 is 16.7. The third kappa shape index (κ3) is 61.1.